The Balaban J connectivity index is 1.99. The van der Waals surface area contributed by atoms with Crippen LogP contribution in [0, 0.1) is 0 Å². The average molecular weight is 436 g/mol. The molecule has 7 nitrogen and oxygen atoms in total. The molecule has 0 aromatic carbocycles. The number of aromatic nitrogens is 1. The van der Waals surface area contributed by atoms with Crippen LogP contribution in [0.25, 0.3) is 0 Å². The Hall–Kier alpha value is -1.32. The van der Waals surface area contributed by atoms with E-state index in [1.165, 1.54) is 13.4 Å². The van der Waals surface area contributed by atoms with Crippen LogP contribution >= 0.6 is 22.6 Å². The van der Waals surface area contributed by atoms with E-state index in [4.69, 9.17) is 9.15 Å². The molecule has 2 unspecified atom stereocenters. The lowest BCUT2D eigenvalue weighted by Crippen LogP contribution is -2.45. The minimum absolute atomic E-state index is 0.0188. The Bertz CT molecular complexity index is 581. The molecule has 2 rings (SSSR count). The molecule has 1 aromatic rings. The fraction of sp³-hybridized carbons (Fsp3) is 0.667. The molecule has 1 aliphatic heterocycles. The van der Waals surface area contributed by atoms with E-state index in [1.807, 2.05) is 20.8 Å². The van der Waals surface area contributed by atoms with Gasteiger partial charge >= 0.3 is 12.1 Å². The fourth-order valence-electron chi connectivity index (χ4n) is 2.34. The maximum Gasteiger partial charge on any atom is 0.411 e. The van der Waals surface area contributed by atoms with Gasteiger partial charge in [0.1, 0.15) is 11.9 Å². The van der Waals surface area contributed by atoms with Gasteiger partial charge in [-0.05, 0) is 33.6 Å². The van der Waals surface area contributed by atoms with Gasteiger partial charge in [-0.2, -0.15) is 0 Å². The summed E-state index contributed by atoms with van der Waals surface area (Å²) < 4.78 is 15.4. The molecule has 1 aromatic heterocycles. The summed E-state index contributed by atoms with van der Waals surface area (Å²) in [6.45, 7) is 6.10. The number of piperidine rings is 1. The number of methoxy groups -OCH3 is 1. The molecular weight excluding hydrogens is 415 g/mol. The summed E-state index contributed by atoms with van der Waals surface area (Å²) in [6, 6.07) is 0. The van der Waals surface area contributed by atoms with Gasteiger partial charge in [0.25, 0.3) is 0 Å². The van der Waals surface area contributed by atoms with Crippen molar-refractivity contribution < 1.29 is 23.5 Å². The molecular formula is C15H21IN2O5. The van der Waals surface area contributed by atoms with Crippen molar-refractivity contribution in [3.63, 3.8) is 0 Å². The number of hydrogen-bond acceptors (Lipinski definition) is 6. The number of hydrogen-bond donors (Lipinski definition) is 0. The normalized spacial score (nSPS) is 21.9. The predicted octanol–water partition coefficient (Wildman–Crippen LogP) is 3.34. The summed E-state index contributed by atoms with van der Waals surface area (Å²) in [7, 11) is 1.30. The first-order valence-corrected chi connectivity index (χ1v) is 8.63. The van der Waals surface area contributed by atoms with Crippen LogP contribution in [0.2, 0.25) is 0 Å². The number of halogens is 1. The van der Waals surface area contributed by atoms with Gasteiger partial charge in [-0.1, -0.05) is 22.6 Å². The second-order valence-corrected chi connectivity index (χ2v) is 7.83. The Morgan fingerprint density at radius 3 is 2.70 bits per heavy atom. The van der Waals surface area contributed by atoms with Crippen molar-refractivity contribution in [2.24, 2.45) is 0 Å². The second kappa shape index (κ2) is 7.06. The molecule has 1 aliphatic rings. The number of amides is 1. The zero-order valence-corrected chi connectivity index (χ0v) is 15.8. The van der Waals surface area contributed by atoms with Crippen molar-refractivity contribution in [3.05, 3.63) is 17.8 Å². The highest BCUT2D eigenvalue weighted by Crippen LogP contribution is 2.34. The molecule has 1 saturated heterocycles. The first-order valence-electron chi connectivity index (χ1n) is 7.38. The molecule has 0 bridgehead atoms. The van der Waals surface area contributed by atoms with E-state index in [0.29, 0.717) is 25.3 Å². The molecule has 0 saturated carbocycles. The minimum atomic E-state index is -0.516. The van der Waals surface area contributed by atoms with E-state index in [9.17, 15) is 9.59 Å². The lowest BCUT2D eigenvalue weighted by Gasteiger charge is -2.36. The molecule has 1 amide bonds. The van der Waals surface area contributed by atoms with Crippen LogP contribution in [0.3, 0.4) is 0 Å². The molecule has 0 aliphatic carbocycles. The quantitative estimate of drug-likeness (QED) is 0.306. The Labute approximate surface area is 148 Å². The first-order chi connectivity index (χ1) is 10.7. The van der Waals surface area contributed by atoms with Crippen LogP contribution in [0.4, 0.5) is 4.79 Å². The van der Waals surface area contributed by atoms with Gasteiger partial charge in [0.15, 0.2) is 11.6 Å². The smallest absolute Gasteiger partial charge is 0.411 e. The number of rotatable bonds is 2. The number of likely N-dealkylation sites (tertiary alicyclic amines) is 1. The van der Waals surface area contributed by atoms with Gasteiger partial charge in [-0.15, -0.1) is 0 Å². The predicted molar refractivity (Wildman–Crippen MR) is 90.6 cm³/mol. The molecule has 0 N–H and O–H groups in total. The van der Waals surface area contributed by atoms with Crippen LogP contribution < -0.4 is 0 Å². The maximum atomic E-state index is 12.2. The first kappa shape index (κ1) is 18.0. The standard InChI is InChI=1S/C15H21IN2O5/c1-15(2,3)23-14(20)18-6-5-9(7-11(18)16)12-17-10(8-22-12)13(19)21-4/h8-9,11H,5-7H2,1-4H3. The largest absolute Gasteiger partial charge is 0.464 e. The van der Waals surface area contributed by atoms with Crippen molar-refractivity contribution in [1.29, 1.82) is 0 Å². The van der Waals surface area contributed by atoms with Crippen LogP contribution in [0.5, 0.6) is 0 Å². The Morgan fingerprint density at radius 1 is 1.43 bits per heavy atom. The number of esters is 1. The van der Waals surface area contributed by atoms with E-state index in [0.717, 1.165) is 0 Å². The summed E-state index contributed by atoms with van der Waals surface area (Å²) in [4.78, 5) is 29.5. The van der Waals surface area contributed by atoms with Crippen LogP contribution in [-0.2, 0) is 9.47 Å². The summed E-state index contributed by atoms with van der Waals surface area (Å²) in [5.41, 5.74) is -0.343. The molecule has 23 heavy (non-hydrogen) atoms. The van der Waals surface area contributed by atoms with E-state index in [-0.39, 0.29) is 21.8 Å². The lowest BCUT2D eigenvalue weighted by molar-refractivity contribution is 0.0181. The van der Waals surface area contributed by atoms with Crippen molar-refractivity contribution in [3.8, 4) is 0 Å². The molecule has 0 radical (unpaired) electrons. The van der Waals surface area contributed by atoms with E-state index in [2.05, 4.69) is 32.3 Å². The van der Waals surface area contributed by atoms with E-state index >= 15 is 0 Å². The maximum absolute atomic E-state index is 12.2. The summed E-state index contributed by atoms with van der Waals surface area (Å²) in [5.74, 6) is 0.0575. The van der Waals surface area contributed by atoms with Crippen molar-refractivity contribution >= 4 is 34.7 Å². The average Bonchev–Trinajstić information content (AvgIpc) is 2.94. The van der Waals surface area contributed by atoms with E-state index < -0.39 is 11.6 Å². The minimum Gasteiger partial charge on any atom is -0.464 e. The van der Waals surface area contributed by atoms with Crippen LogP contribution in [-0.4, -0.2) is 45.3 Å². The van der Waals surface area contributed by atoms with E-state index in [1.54, 1.807) is 4.90 Å². The van der Waals surface area contributed by atoms with Gasteiger partial charge < -0.3 is 13.9 Å². The third kappa shape index (κ3) is 4.58. The lowest BCUT2D eigenvalue weighted by atomic mass is 9.97. The van der Waals surface area contributed by atoms with Gasteiger partial charge in [-0.25, -0.2) is 14.6 Å². The monoisotopic (exact) mass is 436 g/mol. The van der Waals surface area contributed by atoms with Gasteiger partial charge in [-0.3, -0.25) is 4.90 Å². The number of nitrogens with zero attached hydrogens (tertiary/aromatic N) is 2. The van der Waals surface area contributed by atoms with Crippen molar-refractivity contribution in [2.45, 2.75) is 49.2 Å². The Morgan fingerprint density at radius 2 is 2.13 bits per heavy atom. The molecule has 1 fully saturated rings. The highest BCUT2D eigenvalue weighted by molar-refractivity contribution is 14.1. The molecule has 8 heteroatoms. The van der Waals surface area contributed by atoms with Gasteiger partial charge in [0.2, 0.25) is 0 Å². The Kier molecular flexibility index (Phi) is 5.53. The summed E-state index contributed by atoms with van der Waals surface area (Å²) in [6.07, 6.45) is 2.41. The third-order valence-electron chi connectivity index (χ3n) is 3.43. The second-order valence-electron chi connectivity index (χ2n) is 6.39. The topological polar surface area (TPSA) is 81.9 Å². The molecule has 0 spiro atoms. The van der Waals surface area contributed by atoms with Gasteiger partial charge in [0.05, 0.1) is 11.2 Å². The zero-order valence-electron chi connectivity index (χ0n) is 13.7. The SMILES string of the molecule is COC(=O)c1coc(C2CCN(C(=O)OC(C)(C)C)C(I)C2)n1. The summed E-state index contributed by atoms with van der Waals surface area (Å²) in [5, 5.41) is 0. The molecule has 2 atom stereocenters. The molecule has 128 valence electrons. The third-order valence-corrected chi connectivity index (χ3v) is 4.61. The van der Waals surface area contributed by atoms with Crippen molar-refractivity contribution in [2.75, 3.05) is 13.7 Å². The van der Waals surface area contributed by atoms with Crippen molar-refractivity contribution in [1.82, 2.24) is 9.88 Å². The number of alkyl halides is 1. The highest BCUT2D eigenvalue weighted by atomic mass is 127. The summed E-state index contributed by atoms with van der Waals surface area (Å²) >= 11 is 2.22. The highest BCUT2D eigenvalue weighted by Gasteiger charge is 2.35. The number of carbonyl (C=O) groups excluding carboxylic acids is 2. The zero-order chi connectivity index (χ0) is 17.2. The van der Waals surface area contributed by atoms with Crippen LogP contribution in [0.1, 0.15) is 55.9 Å². The number of oxazole rings is 1. The fourth-order valence-corrected chi connectivity index (χ4v) is 3.46. The van der Waals surface area contributed by atoms with Gasteiger partial charge in [0, 0.05) is 12.5 Å². The number of carbonyl (C=O) groups is 2. The molecule has 2 heterocycles. The van der Waals surface area contributed by atoms with Crippen LogP contribution in [0.15, 0.2) is 10.7 Å². The number of ether oxygens (including phenoxy) is 2.